The summed E-state index contributed by atoms with van der Waals surface area (Å²) in [5.41, 5.74) is 3.16. The lowest BCUT2D eigenvalue weighted by molar-refractivity contribution is -0.137. The molecule has 0 aliphatic heterocycles. The first-order valence-corrected chi connectivity index (χ1v) is 7.04. The largest absolute Gasteiger partial charge is 0.481 e. The molecule has 0 aliphatic rings. The van der Waals surface area contributed by atoms with Crippen molar-refractivity contribution in [3.05, 3.63) is 34.9 Å². The molecule has 0 heterocycles. The first-order valence-electron chi connectivity index (χ1n) is 7.04. The van der Waals surface area contributed by atoms with E-state index in [1.165, 1.54) is 5.56 Å². The van der Waals surface area contributed by atoms with Crippen molar-refractivity contribution in [3.63, 3.8) is 0 Å². The molecule has 0 aromatic heterocycles. The zero-order chi connectivity index (χ0) is 15.3. The third kappa shape index (κ3) is 4.32. The number of carboxylic acid groups (broad SMARTS) is 1. The lowest BCUT2D eigenvalue weighted by Crippen LogP contribution is -2.38. The number of aryl methyl sites for hydroxylation is 2. The second kappa shape index (κ2) is 7.41. The van der Waals surface area contributed by atoms with E-state index in [-0.39, 0.29) is 12.5 Å². The number of aliphatic hydroxyl groups is 1. The highest BCUT2D eigenvalue weighted by atomic mass is 16.4. The average Bonchev–Trinajstić information content (AvgIpc) is 2.36. The van der Waals surface area contributed by atoms with E-state index in [0.717, 1.165) is 17.5 Å². The number of benzene rings is 1. The predicted octanol–water partition coefficient (Wildman–Crippen LogP) is 2.52. The van der Waals surface area contributed by atoms with Crippen LogP contribution in [0.15, 0.2) is 18.2 Å². The van der Waals surface area contributed by atoms with Gasteiger partial charge in [-0.15, -0.1) is 0 Å². The highest BCUT2D eigenvalue weighted by Gasteiger charge is 2.24. The molecule has 2 unspecified atom stereocenters. The molecule has 2 N–H and O–H groups in total. The average molecular weight is 279 g/mol. The van der Waals surface area contributed by atoms with Crippen LogP contribution in [0.1, 0.15) is 42.6 Å². The first kappa shape index (κ1) is 16.7. The number of aliphatic carboxylic acids is 1. The summed E-state index contributed by atoms with van der Waals surface area (Å²) < 4.78 is 0. The molecule has 0 spiro atoms. The normalized spacial score (nSPS) is 14.3. The second-order valence-electron chi connectivity index (χ2n) is 5.40. The Bertz CT molecular complexity index is 459. The fourth-order valence-electron chi connectivity index (χ4n) is 2.58. The Kier molecular flexibility index (Phi) is 6.17. The number of aliphatic hydroxyl groups excluding tert-OH is 1. The maximum Gasteiger partial charge on any atom is 0.304 e. The van der Waals surface area contributed by atoms with Crippen LogP contribution in [0, 0.1) is 13.8 Å². The maximum atomic E-state index is 10.7. The van der Waals surface area contributed by atoms with Crippen LogP contribution in [0.3, 0.4) is 0 Å². The Balaban J connectivity index is 2.85. The van der Waals surface area contributed by atoms with E-state index in [1.54, 1.807) is 0 Å². The van der Waals surface area contributed by atoms with Crippen molar-refractivity contribution in [3.8, 4) is 0 Å². The van der Waals surface area contributed by atoms with Crippen molar-refractivity contribution in [1.29, 1.82) is 0 Å². The lowest BCUT2D eigenvalue weighted by Gasteiger charge is -2.31. The molecule has 1 rings (SSSR count). The van der Waals surface area contributed by atoms with Gasteiger partial charge in [-0.1, -0.05) is 30.7 Å². The van der Waals surface area contributed by atoms with Gasteiger partial charge in [0.05, 0.1) is 12.5 Å². The van der Waals surface area contributed by atoms with Gasteiger partial charge in [-0.2, -0.15) is 0 Å². The molecule has 20 heavy (non-hydrogen) atoms. The van der Waals surface area contributed by atoms with Gasteiger partial charge in [0.1, 0.15) is 0 Å². The van der Waals surface area contributed by atoms with E-state index >= 15 is 0 Å². The molecule has 4 heteroatoms. The van der Waals surface area contributed by atoms with Gasteiger partial charge in [0.15, 0.2) is 0 Å². The SMILES string of the molecule is CCC(C(O)c1ccc(C)cc1C)N(C)CCC(=O)O. The minimum atomic E-state index is -0.812. The molecule has 2 atom stereocenters. The van der Waals surface area contributed by atoms with E-state index in [2.05, 4.69) is 6.07 Å². The van der Waals surface area contributed by atoms with Crippen molar-refractivity contribution in [1.82, 2.24) is 4.90 Å². The predicted molar refractivity (Wildman–Crippen MR) is 79.8 cm³/mol. The lowest BCUT2D eigenvalue weighted by atomic mass is 9.94. The Morgan fingerprint density at radius 1 is 1.35 bits per heavy atom. The Labute approximate surface area is 121 Å². The Morgan fingerprint density at radius 3 is 2.50 bits per heavy atom. The fourth-order valence-corrected chi connectivity index (χ4v) is 2.58. The smallest absolute Gasteiger partial charge is 0.304 e. The van der Waals surface area contributed by atoms with Gasteiger partial charge < -0.3 is 10.2 Å². The molecule has 0 saturated carbocycles. The zero-order valence-electron chi connectivity index (χ0n) is 12.8. The summed E-state index contributed by atoms with van der Waals surface area (Å²) >= 11 is 0. The van der Waals surface area contributed by atoms with Gasteiger partial charge in [-0.25, -0.2) is 0 Å². The van der Waals surface area contributed by atoms with Crippen LogP contribution < -0.4 is 0 Å². The number of carboxylic acids is 1. The zero-order valence-corrected chi connectivity index (χ0v) is 12.8. The quantitative estimate of drug-likeness (QED) is 0.805. The summed E-state index contributed by atoms with van der Waals surface area (Å²) in [4.78, 5) is 12.6. The molecule has 1 aromatic carbocycles. The number of likely N-dealkylation sites (N-methyl/N-ethyl adjacent to an activating group) is 1. The molecule has 0 saturated heterocycles. The summed E-state index contributed by atoms with van der Waals surface area (Å²) in [5, 5.41) is 19.4. The van der Waals surface area contributed by atoms with Crippen molar-refractivity contribution in [2.45, 2.75) is 45.8 Å². The maximum absolute atomic E-state index is 10.7. The van der Waals surface area contributed by atoms with Crippen LogP contribution in [-0.4, -0.2) is 40.7 Å². The van der Waals surface area contributed by atoms with Crippen molar-refractivity contribution < 1.29 is 15.0 Å². The molecule has 112 valence electrons. The highest BCUT2D eigenvalue weighted by molar-refractivity contribution is 5.66. The van der Waals surface area contributed by atoms with Crippen molar-refractivity contribution in [2.24, 2.45) is 0 Å². The minimum Gasteiger partial charge on any atom is -0.481 e. The third-order valence-electron chi connectivity index (χ3n) is 3.77. The molecule has 4 nitrogen and oxygen atoms in total. The van der Waals surface area contributed by atoms with Crippen LogP contribution >= 0.6 is 0 Å². The summed E-state index contributed by atoms with van der Waals surface area (Å²) in [5.74, 6) is -0.812. The number of rotatable bonds is 7. The van der Waals surface area contributed by atoms with E-state index in [0.29, 0.717) is 6.54 Å². The third-order valence-corrected chi connectivity index (χ3v) is 3.77. The molecule has 0 amide bonds. The summed E-state index contributed by atoms with van der Waals surface area (Å²) in [6.45, 7) is 6.47. The van der Waals surface area contributed by atoms with Crippen molar-refractivity contribution in [2.75, 3.05) is 13.6 Å². The van der Waals surface area contributed by atoms with E-state index in [4.69, 9.17) is 5.11 Å². The molecular weight excluding hydrogens is 254 g/mol. The minimum absolute atomic E-state index is 0.0734. The summed E-state index contributed by atoms with van der Waals surface area (Å²) in [7, 11) is 1.86. The number of hydrogen-bond donors (Lipinski definition) is 2. The van der Waals surface area contributed by atoms with E-state index in [1.807, 2.05) is 44.9 Å². The molecule has 1 aromatic rings. The summed E-state index contributed by atoms with van der Waals surface area (Å²) in [6.07, 6.45) is 0.261. The first-order chi connectivity index (χ1) is 9.36. The Morgan fingerprint density at radius 2 is 2.00 bits per heavy atom. The van der Waals surface area contributed by atoms with E-state index < -0.39 is 12.1 Å². The van der Waals surface area contributed by atoms with Crippen LogP contribution in [-0.2, 0) is 4.79 Å². The highest BCUT2D eigenvalue weighted by Crippen LogP contribution is 2.26. The molecule has 0 fully saturated rings. The number of nitrogens with zero attached hydrogens (tertiary/aromatic N) is 1. The Hall–Kier alpha value is -1.39. The number of carbonyl (C=O) groups is 1. The summed E-state index contributed by atoms with van der Waals surface area (Å²) in [6, 6.07) is 5.94. The monoisotopic (exact) mass is 279 g/mol. The van der Waals surface area contributed by atoms with Gasteiger partial charge in [0, 0.05) is 12.6 Å². The second-order valence-corrected chi connectivity index (χ2v) is 5.40. The van der Waals surface area contributed by atoms with Crippen molar-refractivity contribution >= 4 is 5.97 Å². The molecule has 0 bridgehead atoms. The van der Waals surface area contributed by atoms with Crippen LogP contribution in [0.4, 0.5) is 0 Å². The topological polar surface area (TPSA) is 60.8 Å². The van der Waals surface area contributed by atoms with Gasteiger partial charge in [0.2, 0.25) is 0 Å². The molecule has 0 radical (unpaired) electrons. The van der Waals surface area contributed by atoms with Gasteiger partial charge in [-0.05, 0) is 38.4 Å². The van der Waals surface area contributed by atoms with E-state index in [9.17, 15) is 9.90 Å². The van der Waals surface area contributed by atoms with Crippen LogP contribution in [0.25, 0.3) is 0 Å². The fraction of sp³-hybridized carbons (Fsp3) is 0.562. The standard InChI is InChI=1S/C16H25NO3/c1-5-14(17(4)9-8-15(18)19)16(20)13-7-6-11(2)10-12(13)3/h6-7,10,14,16,20H,5,8-9H2,1-4H3,(H,18,19). The van der Waals surface area contributed by atoms with Gasteiger partial charge in [0.25, 0.3) is 0 Å². The molecular formula is C16H25NO3. The van der Waals surface area contributed by atoms with Crippen LogP contribution in [0.5, 0.6) is 0 Å². The van der Waals surface area contributed by atoms with Gasteiger partial charge >= 0.3 is 5.97 Å². The van der Waals surface area contributed by atoms with Crippen LogP contribution in [0.2, 0.25) is 0 Å². The number of hydrogen-bond acceptors (Lipinski definition) is 3. The van der Waals surface area contributed by atoms with Gasteiger partial charge in [-0.3, -0.25) is 9.69 Å². The molecule has 0 aliphatic carbocycles.